The molecule has 11 nitrogen and oxygen atoms in total. The first-order chi connectivity index (χ1) is 22.9. The maximum Gasteiger partial charge on any atom is 0.410 e. The Morgan fingerprint density at radius 1 is 1.15 bits per heavy atom. The van der Waals surface area contributed by atoms with Crippen LogP contribution in [0.1, 0.15) is 20.8 Å². The summed E-state index contributed by atoms with van der Waals surface area (Å²) in [5, 5.41) is 1.12. The lowest BCUT2D eigenvalue weighted by atomic mass is 10.0. The molecule has 0 unspecified atom stereocenters. The van der Waals surface area contributed by atoms with Crippen LogP contribution >= 0.6 is 11.6 Å². The van der Waals surface area contributed by atoms with Gasteiger partial charge in [0.05, 0.1) is 17.0 Å². The van der Waals surface area contributed by atoms with Crippen molar-refractivity contribution >= 4 is 45.2 Å². The third-order valence-electron chi connectivity index (χ3n) is 8.29. The second kappa shape index (κ2) is 13.6. The van der Waals surface area contributed by atoms with Crippen LogP contribution in [-0.4, -0.2) is 108 Å². The number of fused-ring (bicyclic) bond motifs is 2. The number of halogens is 3. The van der Waals surface area contributed by atoms with E-state index in [4.69, 9.17) is 37.4 Å². The van der Waals surface area contributed by atoms with Gasteiger partial charge in [0.1, 0.15) is 47.2 Å². The SMILES string of the molecule is [C-]#[N+]C[C@H]1CN(c2nc(OC[C@H]3CN(C)CCO3)nc3c(F)c(-c4cccc5ccc(F)c(Cl)c45)ncc23)CCN1C(=O)OC(C)(C)C. The number of carbonyl (C=O) groups excluding carboxylic acids is 1. The van der Waals surface area contributed by atoms with E-state index >= 15 is 4.39 Å². The van der Waals surface area contributed by atoms with Crippen LogP contribution in [0.3, 0.4) is 0 Å². The highest BCUT2D eigenvalue weighted by Gasteiger charge is 2.37. The van der Waals surface area contributed by atoms with E-state index in [2.05, 4.69) is 19.7 Å². The van der Waals surface area contributed by atoms with Gasteiger partial charge in [-0.2, -0.15) is 9.97 Å². The summed E-state index contributed by atoms with van der Waals surface area (Å²) in [4.78, 5) is 35.9. The third kappa shape index (κ3) is 6.92. The van der Waals surface area contributed by atoms with Crippen molar-refractivity contribution in [3.63, 3.8) is 0 Å². The Kier molecular flexibility index (Phi) is 9.51. The highest BCUT2D eigenvalue weighted by Crippen LogP contribution is 2.38. The number of likely N-dealkylation sites (N-methyl/N-ethyl adjacent to an activating group) is 1. The molecule has 1 amide bonds. The maximum absolute atomic E-state index is 16.7. The topological polar surface area (TPSA) is 97.5 Å². The first-order valence-corrected chi connectivity index (χ1v) is 16.1. The number of anilines is 1. The average molecular weight is 680 g/mol. The predicted molar refractivity (Wildman–Crippen MR) is 178 cm³/mol. The lowest BCUT2D eigenvalue weighted by Crippen LogP contribution is -2.57. The van der Waals surface area contributed by atoms with Gasteiger partial charge in [-0.25, -0.2) is 20.1 Å². The van der Waals surface area contributed by atoms with Gasteiger partial charge in [-0.15, -0.1) is 0 Å². The van der Waals surface area contributed by atoms with Gasteiger partial charge in [0.15, 0.2) is 5.82 Å². The molecule has 2 atom stereocenters. The molecule has 0 radical (unpaired) electrons. The number of nitrogens with zero attached hydrogens (tertiary/aromatic N) is 7. The van der Waals surface area contributed by atoms with Gasteiger partial charge in [-0.3, -0.25) is 9.88 Å². The van der Waals surface area contributed by atoms with Gasteiger partial charge in [0, 0.05) is 49.9 Å². The number of hydrogen-bond donors (Lipinski definition) is 0. The summed E-state index contributed by atoms with van der Waals surface area (Å²) in [6.45, 7) is 15.9. The number of benzene rings is 2. The van der Waals surface area contributed by atoms with E-state index in [1.807, 2.05) is 11.9 Å². The Bertz CT molecular complexity index is 1900. The Hall–Kier alpha value is -4.38. The molecule has 0 saturated carbocycles. The molecule has 14 heteroatoms. The normalized spacial score (nSPS) is 19.0. The van der Waals surface area contributed by atoms with Crippen molar-refractivity contribution in [2.24, 2.45) is 0 Å². The van der Waals surface area contributed by atoms with E-state index in [9.17, 15) is 9.18 Å². The van der Waals surface area contributed by atoms with Gasteiger partial charge < -0.3 is 28.9 Å². The van der Waals surface area contributed by atoms with Crippen LogP contribution in [0.15, 0.2) is 36.5 Å². The molecule has 0 aliphatic carbocycles. The number of piperazine rings is 1. The van der Waals surface area contributed by atoms with Crippen LogP contribution in [0.5, 0.6) is 6.01 Å². The maximum atomic E-state index is 16.7. The molecule has 4 heterocycles. The fourth-order valence-electron chi connectivity index (χ4n) is 6.03. The molecule has 2 aliphatic heterocycles. The van der Waals surface area contributed by atoms with E-state index in [0.717, 1.165) is 6.54 Å². The van der Waals surface area contributed by atoms with E-state index < -0.39 is 29.4 Å². The molecule has 2 saturated heterocycles. The number of morpholine rings is 1. The zero-order valence-corrected chi connectivity index (χ0v) is 27.9. The van der Waals surface area contributed by atoms with Crippen molar-refractivity contribution < 1.29 is 27.8 Å². The minimum absolute atomic E-state index is 0.0316. The Morgan fingerprint density at radius 2 is 1.96 bits per heavy atom. The average Bonchev–Trinajstić information content (AvgIpc) is 3.05. The standard InChI is InChI=1S/C34H36ClF2N7O4/c1-34(2,3)48-33(45)44-12-11-43(17-21(44)15-38-4)31-24-16-39-29(23-8-6-7-20-9-10-25(36)27(35)26(20)23)28(37)30(24)40-32(41-31)47-19-22-18-42(5)13-14-46-22/h6-10,16,21-22H,11-15,17-19H2,1-3,5H3/t21-,22+/m0/s1. The van der Waals surface area contributed by atoms with Gasteiger partial charge in [0.2, 0.25) is 6.54 Å². The van der Waals surface area contributed by atoms with E-state index in [1.54, 1.807) is 49.9 Å². The third-order valence-corrected chi connectivity index (χ3v) is 8.66. The van der Waals surface area contributed by atoms with Crippen LogP contribution in [-0.2, 0) is 9.47 Å². The molecular formula is C34H36ClF2N7O4. The number of amides is 1. The van der Waals surface area contributed by atoms with Crippen LogP contribution in [0.4, 0.5) is 19.4 Å². The monoisotopic (exact) mass is 679 g/mol. The van der Waals surface area contributed by atoms with Gasteiger partial charge >= 0.3 is 12.1 Å². The molecule has 0 bridgehead atoms. The first-order valence-electron chi connectivity index (χ1n) is 15.7. The second-order valence-corrected chi connectivity index (χ2v) is 13.3. The molecule has 2 fully saturated rings. The van der Waals surface area contributed by atoms with Crippen LogP contribution < -0.4 is 9.64 Å². The minimum atomic E-state index is -0.757. The molecule has 252 valence electrons. The molecule has 4 aromatic rings. The molecule has 2 aromatic carbocycles. The summed E-state index contributed by atoms with van der Waals surface area (Å²) in [6.07, 6.45) is 0.729. The molecule has 48 heavy (non-hydrogen) atoms. The van der Waals surface area contributed by atoms with Crippen molar-refractivity contribution in [2.45, 2.75) is 38.5 Å². The minimum Gasteiger partial charge on any atom is -0.461 e. The summed E-state index contributed by atoms with van der Waals surface area (Å²) < 4.78 is 48.8. The smallest absolute Gasteiger partial charge is 0.410 e. The van der Waals surface area contributed by atoms with Gasteiger partial charge in [0.25, 0.3) is 0 Å². The Labute approximate surface area is 282 Å². The zero-order chi connectivity index (χ0) is 34.2. The lowest BCUT2D eigenvalue weighted by molar-refractivity contribution is -0.0416. The van der Waals surface area contributed by atoms with Crippen molar-refractivity contribution in [3.8, 4) is 17.3 Å². The fourth-order valence-corrected chi connectivity index (χ4v) is 6.30. The zero-order valence-electron chi connectivity index (χ0n) is 27.2. The van der Waals surface area contributed by atoms with Crippen LogP contribution in [0, 0.1) is 18.2 Å². The van der Waals surface area contributed by atoms with Crippen molar-refractivity contribution in [1.82, 2.24) is 24.8 Å². The van der Waals surface area contributed by atoms with Crippen LogP contribution in [0.25, 0.3) is 37.8 Å². The molecule has 6 rings (SSSR count). The Morgan fingerprint density at radius 3 is 2.71 bits per heavy atom. The first kappa shape index (κ1) is 33.5. The summed E-state index contributed by atoms with van der Waals surface area (Å²) in [6, 6.07) is 7.37. The number of ether oxygens (including phenoxy) is 3. The van der Waals surface area contributed by atoms with E-state index in [1.165, 1.54) is 12.3 Å². The van der Waals surface area contributed by atoms with E-state index in [-0.39, 0.29) is 54.6 Å². The van der Waals surface area contributed by atoms with Crippen molar-refractivity contribution in [1.29, 1.82) is 0 Å². The molecule has 2 aliphatic rings. The van der Waals surface area contributed by atoms with Gasteiger partial charge in [-0.1, -0.05) is 35.9 Å². The summed E-state index contributed by atoms with van der Waals surface area (Å²) in [5.41, 5.74) is -0.513. The quantitative estimate of drug-likeness (QED) is 0.233. The van der Waals surface area contributed by atoms with Crippen molar-refractivity contribution in [2.75, 3.05) is 64.4 Å². The lowest BCUT2D eigenvalue weighted by Gasteiger charge is -2.40. The largest absolute Gasteiger partial charge is 0.461 e. The molecule has 0 N–H and O–H groups in total. The fraction of sp³-hybridized carbons (Fsp3) is 0.441. The highest BCUT2D eigenvalue weighted by molar-refractivity contribution is 6.36. The predicted octanol–water partition coefficient (Wildman–Crippen LogP) is 5.83. The second-order valence-electron chi connectivity index (χ2n) is 13.0. The molecule has 2 aromatic heterocycles. The number of rotatable bonds is 6. The number of carbonyl (C=O) groups is 1. The summed E-state index contributed by atoms with van der Waals surface area (Å²) in [5.74, 6) is -1.05. The molecular weight excluding hydrogens is 644 g/mol. The molecule has 0 spiro atoms. The van der Waals surface area contributed by atoms with Crippen molar-refractivity contribution in [3.05, 3.63) is 64.6 Å². The summed E-state index contributed by atoms with van der Waals surface area (Å²) >= 11 is 6.39. The van der Waals surface area contributed by atoms with Gasteiger partial charge in [-0.05, 0) is 39.3 Å². The summed E-state index contributed by atoms with van der Waals surface area (Å²) in [7, 11) is 1.99. The van der Waals surface area contributed by atoms with Crippen LogP contribution in [0.2, 0.25) is 5.02 Å². The number of hydrogen-bond acceptors (Lipinski definition) is 9. The van der Waals surface area contributed by atoms with E-state index in [0.29, 0.717) is 47.2 Å². The highest BCUT2D eigenvalue weighted by atomic mass is 35.5. The number of pyridine rings is 1. The number of aromatic nitrogens is 3. The Balaban J connectivity index is 1.42.